The average Bonchev–Trinajstić information content (AvgIpc) is 3.33. The van der Waals surface area contributed by atoms with Crippen LogP contribution in [0.15, 0.2) is 54.7 Å². The molecule has 2 amide bonds. The summed E-state index contributed by atoms with van der Waals surface area (Å²) in [5.41, 5.74) is 6.36. The first-order valence-corrected chi connectivity index (χ1v) is 10.2. The molecule has 3 N–H and O–H groups in total. The molecule has 33 heavy (non-hydrogen) atoms. The molecule has 0 bridgehead atoms. The zero-order chi connectivity index (χ0) is 23.5. The summed E-state index contributed by atoms with van der Waals surface area (Å²) < 4.78 is 6.82. The summed E-state index contributed by atoms with van der Waals surface area (Å²) >= 11 is 0. The quantitative estimate of drug-likeness (QED) is 0.472. The van der Waals surface area contributed by atoms with Crippen LogP contribution in [0.3, 0.4) is 0 Å². The Bertz CT molecular complexity index is 1180. The summed E-state index contributed by atoms with van der Waals surface area (Å²) in [5, 5.41) is 15.4. The lowest BCUT2D eigenvalue weighted by Crippen LogP contribution is -2.33. The molecule has 170 valence electrons. The Hall–Kier alpha value is -4.18. The third-order valence-electron chi connectivity index (χ3n) is 5.30. The Morgan fingerprint density at radius 2 is 1.70 bits per heavy atom. The Morgan fingerprint density at radius 1 is 1.09 bits per heavy atom. The Balaban J connectivity index is 1.42. The molecule has 1 aliphatic rings. The number of carboxylic acids is 1. The first kappa shape index (κ1) is 22.0. The number of carboxylic acid groups (broad SMARTS) is 1. The van der Waals surface area contributed by atoms with Crippen molar-refractivity contribution in [2.45, 2.75) is 18.9 Å². The fourth-order valence-corrected chi connectivity index (χ4v) is 3.73. The van der Waals surface area contributed by atoms with E-state index in [1.165, 1.54) is 17.8 Å². The minimum Gasteiger partial charge on any atom is -0.479 e. The van der Waals surface area contributed by atoms with Crippen molar-refractivity contribution in [3.05, 3.63) is 71.5 Å². The number of aryl methyl sites for hydroxylation is 1. The first-order chi connectivity index (χ1) is 15.8. The van der Waals surface area contributed by atoms with Crippen molar-refractivity contribution in [2.75, 3.05) is 11.9 Å². The van der Waals surface area contributed by atoms with Gasteiger partial charge in [-0.25, -0.2) is 15.1 Å². The zero-order valence-electron chi connectivity index (χ0n) is 17.9. The average molecular weight is 450 g/mol. The number of hydrogen-bond donors (Lipinski definition) is 3. The number of nitrogens with zero attached hydrogens (tertiary/aromatic N) is 2. The van der Waals surface area contributed by atoms with Crippen molar-refractivity contribution in [1.29, 1.82) is 0 Å². The number of amides is 2. The van der Waals surface area contributed by atoms with Crippen LogP contribution in [0.1, 0.15) is 34.5 Å². The van der Waals surface area contributed by atoms with Crippen LogP contribution in [0.25, 0.3) is 11.1 Å². The Labute approximate surface area is 189 Å². The zero-order valence-corrected chi connectivity index (χ0v) is 17.9. The summed E-state index contributed by atoms with van der Waals surface area (Å²) in [6, 6.07) is 16.0. The normalized spacial score (nSPS) is 13.0. The van der Waals surface area contributed by atoms with Crippen LogP contribution in [0.2, 0.25) is 0 Å². The summed E-state index contributed by atoms with van der Waals surface area (Å²) in [6.07, 6.45) is -0.577. The van der Waals surface area contributed by atoms with Crippen LogP contribution >= 0.6 is 0 Å². The maximum Gasteiger partial charge on any atom is 0.411 e. The van der Waals surface area contributed by atoms with Crippen LogP contribution < -0.4 is 10.8 Å². The SMILES string of the molecule is CC(ONC(=O)c1nn(C)cc1NC(=O)OCC1c2ccccc2-c2ccccc21)C(=O)O. The number of fused-ring (bicyclic) bond motifs is 3. The molecule has 3 aromatic rings. The molecule has 1 unspecified atom stereocenters. The molecule has 0 spiro atoms. The molecule has 4 rings (SSSR count). The van der Waals surface area contributed by atoms with Crippen LogP contribution in [-0.4, -0.2) is 45.6 Å². The third kappa shape index (κ3) is 4.55. The van der Waals surface area contributed by atoms with Gasteiger partial charge in [0.25, 0.3) is 5.91 Å². The summed E-state index contributed by atoms with van der Waals surface area (Å²) in [5.74, 6) is -2.16. The van der Waals surface area contributed by atoms with Crippen LogP contribution in [0.4, 0.5) is 10.5 Å². The van der Waals surface area contributed by atoms with Gasteiger partial charge < -0.3 is 9.84 Å². The van der Waals surface area contributed by atoms with E-state index in [0.717, 1.165) is 22.3 Å². The highest BCUT2D eigenvalue weighted by atomic mass is 16.7. The summed E-state index contributed by atoms with van der Waals surface area (Å²) in [4.78, 5) is 40.5. The molecule has 0 aliphatic heterocycles. The van der Waals surface area contributed by atoms with E-state index < -0.39 is 24.1 Å². The van der Waals surface area contributed by atoms with Gasteiger partial charge in [-0.2, -0.15) is 5.10 Å². The number of aliphatic carboxylic acids is 1. The molecule has 10 heteroatoms. The maximum atomic E-state index is 12.5. The molecule has 1 heterocycles. The largest absolute Gasteiger partial charge is 0.479 e. The highest BCUT2D eigenvalue weighted by Crippen LogP contribution is 2.44. The standard InChI is InChI=1S/C23H22N4O6/c1-13(22(29)30)33-26-21(28)20-19(11-27(2)25-20)24-23(31)32-12-18-16-9-5-3-7-14(16)15-8-4-6-10-17(15)18/h3-11,13,18H,12H2,1-2H3,(H,24,31)(H,26,28)(H,29,30). The van der Waals surface area contributed by atoms with Crippen LogP contribution in [0.5, 0.6) is 0 Å². The van der Waals surface area contributed by atoms with Crippen molar-refractivity contribution in [3.63, 3.8) is 0 Å². The predicted molar refractivity (Wildman–Crippen MR) is 118 cm³/mol. The number of rotatable bonds is 7. The fraction of sp³-hybridized carbons (Fsp3) is 0.217. The Kier molecular flexibility index (Phi) is 6.09. The molecule has 10 nitrogen and oxygen atoms in total. The van der Waals surface area contributed by atoms with E-state index in [1.54, 1.807) is 7.05 Å². The van der Waals surface area contributed by atoms with Gasteiger partial charge in [-0.05, 0) is 29.2 Å². The topological polar surface area (TPSA) is 132 Å². The van der Waals surface area contributed by atoms with E-state index in [-0.39, 0.29) is 23.9 Å². The molecule has 0 radical (unpaired) electrons. The smallest absolute Gasteiger partial charge is 0.411 e. The lowest BCUT2D eigenvalue weighted by Gasteiger charge is -2.14. The van der Waals surface area contributed by atoms with Gasteiger partial charge in [0.1, 0.15) is 6.61 Å². The second kappa shape index (κ2) is 9.13. The molecule has 2 aromatic carbocycles. The number of nitrogens with one attached hydrogen (secondary N) is 2. The van der Waals surface area contributed by atoms with Crippen molar-refractivity contribution in [2.24, 2.45) is 7.05 Å². The minimum atomic E-state index is -1.25. The number of hydrogen-bond acceptors (Lipinski definition) is 6. The highest BCUT2D eigenvalue weighted by Gasteiger charge is 2.29. The summed E-state index contributed by atoms with van der Waals surface area (Å²) in [7, 11) is 1.57. The van der Waals surface area contributed by atoms with E-state index in [1.807, 2.05) is 54.0 Å². The predicted octanol–water partition coefficient (Wildman–Crippen LogP) is 2.92. The number of aromatic nitrogens is 2. The lowest BCUT2D eigenvalue weighted by atomic mass is 9.98. The molecule has 0 saturated carbocycles. The number of carbonyl (C=O) groups is 3. The molecule has 0 fully saturated rings. The van der Waals surface area contributed by atoms with E-state index in [9.17, 15) is 14.4 Å². The van der Waals surface area contributed by atoms with Gasteiger partial charge in [0.2, 0.25) is 0 Å². The molecule has 1 atom stereocenters. The number of ether oxygens (including phenoxy) is 1. The fourth-order valence-electron chi connectivity index (χ4n) is 3.73. The number of benzene rings is 2. The number of hydroxylamine groups is 1. The second-order valence-electron chi connectivity index (χ2n) is 7.55. The number of carbonyl (C=O) groups excluding carboxylic acids is 2. The van der Waals surface area contributed by atoms with Crippen molar-refractivity contribution in [1.82, 2.24) is 15.3 Å². The molecular weight excluding hydrogens is 428 g/mol. The summed E-state index contributed by atoms with van der Waals surface area (Å²) in [6.45, 7) is 1.37. The van der Waals surface area contributed by atoms with Gasteiger partial charge in [0, 0.05) is 19.2 Å². The van der Waals surface area contributed by atoms with Gasteiger partial charge in [-0.3, -0.25) is 19.6 Å². The van der Waals surface area contributed by atoms with Crippen molar-refractivity contribution >= 4 is 23.7 Å². The minimum absolute atomic E-state index is 0.0961. The first-order valence-electron chi connectivity index (χ1n) is 10.2. The van der Waals surface area contributed by atoms with E-state index in [2.05, 4.69) is 10.4 Å². The monoisotopic (exact) mass is 450 g/mol. The maximum absolute atomic E-state index is 12.5. The molecule has 0 saturated heterocycles. The molecule has 1 aromatic heterocycles. The molecular formula is C23H22N4O6. The van der Waals surface area contributed by atoms with Gasteiger partial charge in [0.15, 0.2) is 11.8 Å². The Morgan fingerprint density at radius 3 is 2.30 bits per heavy atom. The van der Waals surface area contributed by atoms with Gasteiger partial charge >= 0.3 is 12.1 Å². The second-order valence-corrected chi connectivity index (χ2v) is 7.55. The van der Waals surface area contributed by atoms with Crippen molar-refractivity contribution < 1.29 is 29.1 Å². The lowest BCUT2D eigenvalue weighted by molar-refractivity contribution is -0.152. The molecule has 1 aliphatic carbocycles. The van der Waals surface area contributed by atoms with E-state index in [0.29, 0.717) is 0 Å². The highest BCUT2D eigenvalue weighted by molar-refractivity contribution is 6.00. The van der Waals surface area contributed by atoms with Gasteiger partial charge in [-0.1, -0.05) is 48.5 Å². The number of anilines is 1. The third-order valence-corrected chi connectivity index (χ3v) is 5.30. The van der Waals surface area contributed by atoms with Crippen LogP contribution in [0, 0.1) is 0 Å². The van der Waals surface area contributed by atoms with Gasteiger partial charge in [0.05, 0.1) is 5.69 Å². The van der Waals surface area contributed by atoms with E-state index >= 15 is 0 Å². The van der Waals surface area contributed by atoms with E-state index in [4.69, 9.17) is 14.7 Å². The van der Waals surface area contributed by atoms with Crippen LogP contribution in [-0.2, 0) is 21.4 Å². The van der Waals surface area contributed by atoms with Crippen molar-refractivity contribution in [3.8, 4) is 11.1 Å². The van der Waals surface area contributed by atoms with Gasteiger partial charge in [-0.15, -0.1) is 0 Å².